The highest BCUT2D eigenvalue weighted by molar-refractivity contribution is 5.85. The summed E-state index contributed by atoms with van der Waals surface area (Å²) >= 11 is 0. The lowest BCUT2D eigenvalue weighted by Crippen LogP contribution is -2.39. The summed E-state index contributed by atoms with van der Waals surface area (Å²) in [6.07, 6.45) is 0.829. The van der Waals surface area contributed by atoms with Crippen molar-refractivity contribution in [3.05, 3.63) is 0 Å². The SMILES string of the molecule is CC12CCNC(=O)C1O2. The van der Waals surface area contributed by atoms with Gasteiger partial charge in [-0.1, -0.05) is 0 Å². The van der Waals surface area contributed by atoms with Crippen molar-refractivity contribution in [2.75, 3.05) is 6.54 Å². The normalized spacial score (nSPS) is 47.7. The van der Waals surface area contributed by atoms with Gasteiger partial charge in [-0.15, -0.1) is 0 Å². The molecule has 0 aromatic heterocycles. The standard InChI is InChI=1S/C6H9NO2/c1-6-2-3-7-5(8)4(6)9-6/h4H,2-3H2,1H3,(H,7,8). The fourth-order valence-electron chi connectivity index (χ4n) is 1.28. The summed E-state index contributed by atoms with van der Waals surface area (Å²) in [7, 11) is 0. The van der Waals surface area contributed by atoms with E-state index < -0.39 is 0 Å². The minimum Gasteiger partial charge on any atom is -0.356 e. The van der Waals surface area contributed by atoms with Gasteiger partial charge in [0.25, 0.3) is 5.91 Å². The maximum Gasteiger partial charge on any atom is 0.252 e. The quantitative estimate of drug-likeness (QED) is 0.452. The van der Waals surface area contributed by atoms with Crippen LogP contribution in [0, 0.1) is 0 Å². The largest absolute Gasteiger partial charge is 0.356 e. The van der Waals surface area contributed by atoms with Gasteiger partial charge in [0.1, 0.15) is 5.60 Å². The van der Waals surface area contributed by atoms with Gasteiger partial charge in [-0.05, 0) is 13.3 Å². The summed E-state index contributed by atoms with van der Waals surface area (Å²) in [4.78, 5) is 10.8. The molecule has 2 saturated heterocycles. The minimum atomic E-state index is -0.133. The average Bonchev–Trinajstić information content (AvgIpc) is 2.43. The number of rotatable bonds is 0. The molecule has 1 N–H and O–H groups in total. The molecule has 2 aliphatic heterocycles. The van der Waals surface area contributed by atoms with Crippen LogP contribution >= 0.6 is 0 Å². The van der Waals surface area contributed by atoms with Crippen LogP contribution in [0.1, 0.15) is 13.3 Å². The van der Waals surface area contributed by atoms with Crippen molar-refractivity contribution >= 4 is 5.91 Å². The Morgan fingerprint density at radius 2 is 2.67 bits per heavy atom. The number of ether oxygens (including phenoxy) is 1. The first-order valence-electron chi connectivity index (χ1n) is 3.18. The van der Waals surface area contributed by atoms with Crippen LogP contribution in [0.5, 0.6) is 0 Å². The van der Waals surface area contributed by atoms with Crippen molar-refractivity contribution < 1.29 is 9.53 Å². The molecule has 2 unspecified atom stereocenters. The van der Waals surface area contributed by atoms with E-state index >= 15 is 0 Å². The van der Waals surface area contributed by atoms with Crippen LogP contribution in [-0.2, 0) is 9.53 Å². The molecule has 2 heterocycles. The lowest BCUT2D eigenvalue weighted by Gasteiger charge is -2.11. The van der Waals surface area contributed by atoms with Gasteiger partial charge in [0.05, 0.1) is 0 Å². The van der Waals surface area contributed by atoms with Crippen molar-refractivity contribution in [2.45, 2.75) is 25.0 Å². The molecule has 0 radical (unpaired) electrons. The number of carbonyl (C=O) groups is 1. The summed E-state index contributed by atoms with van der Waals surface area (Å²) in [5.74, 6) is 0.0590. The predicted molar refractivity (Wildman–Crippen MR) is 30.9 cm³/mol. The van der Waals surface area contributed by atoms with Crippen LogP contribution in [0.2, 0.25) is 0 Å². The predicted octanol–water partition coefficient (Wildman–Crippen LogP) is -0.336. The Morgan fingerprint density at radius 3 is 3.22 bits per heavy atom. The second-order valence-electron chi connectivity index (χ2n) is 2.85. The van der Waals surface area contributed by atoms with Gasteiger partial charge in [-0.3, -0.25) is 4.79 Å². The molecule has 2 atom stereocenters. The van der Waals surface area contributed by atoms with Crippen LogP contribution in [0.4, 0.5) is 0 Å². The van der Waals surface area contributed by atoms with Gasteiger partial charge in [0.15, 0.2) is 6.10 Å². The Labute approximate surface area is 53.4 Å². The van der Waals surface area contributed by atoms with Gasteiger partial charge in [-0.25, -0.2) is 0 Å². The molecule has 0 aromatic carbocycles. The molecule has 2 fully saturated rings. The van der Waals surface area contributed by atoms with Crippen LogP contribution in [0.25, 0.3) is 0 Å². The Kier molecular flexibility index (Phi) is 0.750. The first-order valence-corrected chi connectivity index (χ1v) is 3.18. The zero-order valence-corrected chi connectivity index (χ0v) is 5.31. The Morgan fingerprint density at radius 1 is 1.89 bits per heavy atom. The minimum absolute atomic E-state index is 0.0590. The molecule has 0 aromatic rings. The van der Waals surface area contributed by atoms with E-state index in [0.717, 1.165) is 13.0 Å². The zero-order valence-electron chi connectivity index (χ0n) is 5.31. The third kappa shape index (κ3) is 0.580. The van der Waals surface area contributed by atoms with E-state index in [0.29, 0.717) is 0 Å². The molecule has 9 heavy (non-hydrogen) atoms. The number of epoxide rings is 1. The molecule has 3 nitrogen and oxygen atoms in total. The summed E-state index contributed by atoms with van der Waals surface area (Å²) in [6.45, 7) is 2.75. The molecule has 1 amide bonds. The molecular formula is C6H9NO2. The Balaban J connectivity index is 2.16. The van der Waals surface area contributed by atoms with Crippen molar-refractivity contribution in [2.24, 2.45) is 0 Å². The van der Waals surface area contributed by atoms with Crippen LogP contribution in [0.15, 0.2) is 0 Å². The molecule has 2 aliphatic rings. The maximum absolute atomic E-state index is 10.8. The third-order valence-electron chi connectivity index (χ3n) is 2.04. The van der Waals surface area contributed by atoms with Crippen molar-refractivity contribution in [1.29, 1.82) is 0 Å². The molecular weight excluding hydrogens is 118 g/mol. The smallest absolute Gasteiger partial charge is 0.252 e. The van der Waals surface area contributed by atoms with E-state index in [2.05, 4.69) is 5.32 Å². The maximum atomic E-state index is 10.8. The van der Waals surface area contributed by atoms with E-state index in [-0.39, 0.29) is 17.6 Å². The van der Waals surface area contributed by atoms with Crippen LogP contribution in [-0.4, -0.2) is 24.2 Å². The Hall–Kier alpha value is -0.570. The lowest BCUT2D eigenvalue weighted by atomic mass is 10.0. The highest BCUT2D eigenvalue weighted by Gasteiger charge is 2.58. The topological polar surface area (TPSA) is 41.6 Å². The number of hydrogen-bond donors (Lipinski definition) is 1. The average molecular weight is 127 g/mol. The number of piperidine rings is 1. The second-order valence-corrected chi connectivity index (χ2v) is 2.85. The van der Waals surface area contributed by atoms with Crippen molar-refractivity contribution in [3.8, 4) is 0 Å². The van der Waals surface area contributed by atoms with Crippen molar-refractivity contribution in [1.82, 2.24) is 5.32 Å². The zero-order chi connectivity index (χ0) is 6.48. The number of hydrogen-bond acceptors (Lipinski definition) is 2. The van der Waals surface area contributed by atoms with E-state index in [9.17, 15) is 4.79 Å². The van der Waals surface area contributed by atoms with Crippen LogP contribution in [0.3, 0.4) is 0 Å². The monoisotopic (exact) mass is 127 g/mol. The van der Waals surface area contributed by atoms with Gasteiger partial charge in [-0.2, -0.15) is 0 Å². The first-order chi connectivity index (χ1) is 4.22. The summed E-state index contributed by atoms with van der Waals surface area (Å²) in [5.41, 5.74) is -0.0949. The van der Waals surface area contributed by atoms with E-state index in [4.69, 9.17) is 4.74 Å². The van der Waals surface area contributed by atoms with E-state index in [1.807, 2.05) is 6.92 Å². The summed E-state index contributed by atoms with van der Waals surface area (Å²) in [6, 6.07) is 0. The van der Waals surface area contributed by atoms with Gasteiger partial charge in [0, 0.05) is 6.54 Å². The molecule has 2 rings (SSSR count). The molecule has 0 bridgehead atoms. The molecule has 0 spiro atoms. The molecule has 0 saturated carbocycles. The lowest BCUT2D eigenvalue weighted by molar-refractivity contribution is -0.122. The number of fused-ring (bicyclic) bond motifs is 1. The highest BCUT2D eigenvalue weighted by atomic mass is 16.6. The van der Waals surface area contributed by atoms with Crippen LogP contribution < -0.4 is 5.32 Å². The van der Waals surface area contributed by atoms with Gasteiger partial charge >= 0.3 is 0 Å². The Bertz CT molecular complexity index is 168. The third-order valence-corrected chi connectivity index (χ3v) is 2.04. The van der Waals surface area contributed by atoms with E-state index in [1.165, 1.54) is 0 Å². The molecule has 0 aliphatic carbocycles. The highest BCUT2D eigenvalue weighted by Crippen LogP contribution is 2.40. The van der Waals surface area contributed by atoms with Gasteiger partial charge < -0.3 is 10.1 Å². The number of amides is 1. The van der Waals surface area contributed by atoms with E-state index in [1.54, 1.807) is 0 Å². The fraction of sp³-hybridized carbons (Fsp3) is 0.833. The first kappa shape index (κ1) is 5.23. The summed E-state index contributed by atoms with van der Waals surface area (Å²) < 4.78 is 5.17. The second kappa shape index (κ2) is 1.29. The fourth-order valence-corrected chi connectivity index (χ4v) is 1.28. The van der Waals surface area contributed by atoms with Gasteiger partial charge in [0.2, 0.25) is 0 Å². The molecule has 50 valence electrons. The number of nitrogens with one attached hydrogen (secondary N) is 1. The molecule has 3 heteroatoms. The number of carbonyl (C=O) groups excluding carboxylic acids is 1. The van der Waals surface area contributed by atoms with Crippen molar-refractivity contribution in [3.63, 3.8) is 0 Å². The summed E-state index contributed by atoms with van der Waals surface area (Å²) in [5, 5.41) is 2.73.